The lowest BCUT2D eigenvalue weighted by Crippen LogP contribution is -2.56. The van der Waals surface area contributed by atoms with Crippen LogP contribution in [0.2, 0.25) is 0 Å². The van der Waals surface area contributed by atoms with Crippen molar-refractivity contribution in [3.63, 3.8) is 0 Å². The Labute approximate surface area is 144 Å². The predicted molar refractivity (Wildman–Crippen MR) is 94.0 cm³/mol. The number of hydrogen-bond acceptors (Lipinski definition) is 4. The number of piperazine rings is 1. The minimum Gasteiger partial charge on any atom is -0.336 e. The molecule has 132 valence electrons. The Bertz CT molecular complexity index is 730. The molecule has 5 nitrogen and oxygen atoms in total. The number of sulfone groups is 1. The van der Waals surface area contributed by atoms with Crippen molar-refractivity contribution in [1.29, 1.82) is 0 Å². The maximum absolute atomic E-state index is 13.0. The molecular formula is C18H26N2O3S. The second-order valence-electron chi connectivity index (χ2n) is 6.88. The number of aryl methyl sites for hydroxylation is 1. The molecule has 2 aliphatic heterocycles. The molecule has 1 amide bonds. The zero-order valence-corrected chi connectivity index (χ0v) is 15.3. The van der Waals surface area contributed by atoms with Gasteiger partial charge in [0.2, 0.25) is 0 Å². The third-order valence-electron chi connectivity index (χ3n) is 5.25. The maximum atomic E-state index is 13.0. The van der Waals surface area contributed by atoms with Crippen molar-refractivity contribution in [3.8, 4) is 0 Å². The number of benzene rings is 1. The molecule has 2 aliphatic rings. The van der Waals surface area contributed by atoms with Crippen molar-refractivity contribution in [2.45, 2.75) is 43.5 Å². The molecule has 1 aromatic rings. The molecule has 0 aliphatic carbocycles. The number of carbonyl (C=O) groups excluding carboxylic acids is 1. The highest BCUT2D eigenvalue weighted by Crippen LogP contribution is 2.24. The summed E-state index contributed by atoms with van der Waals surface area (Å²) in [5, 5.41) is 0. The van der Waals surface area contributed by atoms with Crippen LogP contribution in [0.25, 0.3) is 0 Å². The van der Waals surface area contributed by atoms with Crippen LogP contribution in [-0.2, 0) is 16.3 Å². The average molecular weight is 350 g/mol. The van der Waals surface area contributed by atoms with Crippen LogP contribution >= 0.6 is 0 Å². The number of fused-ring (bicyclic) bond motifs is 1. The molecule has 0 spiro atoms. The van der Waals surface area contributed by atoms with E-state index in [0.717, 1.165) is 38.2 Å². The average Bonchev–Trinajstić information content (AvgIpc) is 2.59. The largest absolute Gasteiger partial charge is 0.336 e. The topological polar surface area (TPSA) is 57.7 Å². The van der Waals surface area contributed by atoms with Gasteiger partial charge in [0.15, 0.2) is 9.84 Å². The van der Waals surface area contributed by atoms with Crippen molar-refractivity contribution >= 4 is 15.7 Å². The molecule has 2 fully saturated rings. The van der Waals surface area contributed by atoms with Crippen LogP contribution < -0.4 is 0 Å². The van der Waals surface area contributed by atoms with Gasteiger partial charge < -0.3 is 4.90 Å². The molecule has 0 bridgehead atoms. The van der Waals surface area contributed by atoms with Crippen molar-refractivity contribution in [2.24, 2.45) is 0 Å². The van der Waals surface area contributed by atoms with E-state index in [0.29, 0.717) is 18.0 Å². The van der Waals surface area contributed by atoms with Gasteiger partial charge in [0.05, 0.1) is 4.90 Å². The second-order valence-corrected chi connectivity index (χ2v) is 8.90. The summed E-state index contributed by atoms with van der Waals surface area (Å²) in [5.41, 5.74) is 1.46. The Morgan fingerprint density at radius 3 is 2.71 bits per heavy atom. The normalized spacial score (nSPS) is 22.2. The highest BCUT2D eigenvalue weighted by atomic mass is 32.2. The molecule has 1 aromatic carbocycles. The summed E-state index contributed by atoms with van der Waals surface area (Å²) >= 11 is 0. The van der Waals surface area contributed by atoms with Gasteiger partial charge in [0.25, 0.3) is 5.91 Å². The van der Waals surface area contributed by atoms with Gasteiger partial charge in [-0.1, -0.05) is 19.4 Å². The molecule has 3 rings (SSSR count). The number of hydrogen-bond donors (Lipinski definition) is 0. The van der Waals surface area contributed by atoms with E-state index in [1.54, 1.807) is 18.2 Å². The number of carbonyl (C=O) groups is 1. The highest BCUT2D eigenvalue weighted by molar-refractivity contribution is 7.90. The third-order valence-corrected chi connectivity index (χ3v) is 6.36. The molecule has 0 N–H and O–H groups in total. The first-order valence-electron chi connectivity index (χ1n) is 8.76. The van der Waals surface area contributed by atoms with E-state index in [1.807, 2.05) is 11.8 Å². The van der Waals surface area contributed by atoms with Crippen LogP contribution in [0.4, 0.5) is 0 Å². The number of amides is 1. The Kier molecular flexibility index (Phi) is 4.97. The third kappa shape index (κ3) is 3.49. The molecule has 2 saturated heterocycles. The Hall–Kier alpha value is -1.40. The predicted octanol–water partition coefficient (Wildman–Crippen LogP) is 1.96. The Balaban J connectivity index is 1.86. The summed E-state index contributed by atoms with van der Waals surface area (Å²) in [6.45, 7) is 5.53. The summed E-state index contributed by atoms with van der Waals surface area (Å²) in [5.74, 6) is -0.0254. The smallest absolute Gasteiger partial charge is 0.254 e. The zero-order chi connectivity index (χ0) is 17.3. The van der Waals surface area contributed by atoms with Gasteiger partial charge in [-0.15, -0.1) is 0 Å². The van der Waals surface area contributed by atoms with Crippen molar-refractivity contribution in [1.82, 2.24) is 9.80 Å². The van der Waals surface area contributed by atoms with E-state index < -0.39 is 9.84 Å². The highest BCUT2D eigenvalue weighted by Gasteiger charge is 2.32. The molecule has 6 heteroatoms. The van der Waals surface area contributed by atoms with E-state index in [2.05, 4.69) is 4.90 Å². The number of nitrogens with zero attached hydrogens (tertiary/aromatic N) is 2. The van der Waals surface area contributed by atoms with Crippen molar-refractivity contribution in [2.75, 3.05) is 32.4 Å². The van der Waals surface area contributed by atoms with Gasteiger partial charge in [-0.05, 0) is 43.5 Å². The fourth-order valence-electron chi connectivity index (χ4n) is 3.80. The van der Waals surface area contributed by atoms with Gasteiger partial charge in [-0.2, -0.15) is 0 Å². The first-order chi connectivity index (χ1) is 11.4. The fraction of sp³-hybridized carbons (Fsp3) is 0.611. The lowest BCUT2D eigenvalue weighted by molar-refractivity contribution is 0.0371. The summed E-state index contributed by atoms with van der Waals surface area (Å²) in [6, 6.07) is 5.40. The van der Waals surface area contributed by atoms with Crippen LogP contribution in [0.1, 0.15) is 42.1 Å². The van der Waals surface area contributed by atoms with Gasteiger partial charge >= 0.3 is 0 Å². The lowest BCUT2D eigenvalue weighted by atomic mass is 9.98. The van der Waals surface area contributed by atoms with Crippen LogP contribution in [0, 0.1) is 0 Å². The lowest BCUT2D eigenvalue weighted by Gasteiger charge is -2.44. The SMILES string of the molecule is CCc1ccc(S(C)(=O)=O)cc1C(=O)N1CCN2CCCCC2C1. The number of rotatable bonds is 3. The first kappa shape index (κ1) is 17.4. The van der Waals surface area contributed by atoms with E-state index >= 15 is 0 Å². The summed E-state index contributed by atoms with van der Waals surface area (Å²) in [6.07, 6.45) is 5.53. The monoisotopic (exact) mass is 350 g/mol. The van der Waals surface area contributed by atoms with Gasteiger partial charge in [-0.3, -0.25) is 9.69 Å². The zero-order valence-electron chi connectivity index (χ0n) is 14.5. The van der Waals surface area contributed by atoms with Crippen LogP contribution in [-0.4, -0.2) is 62.6 Å². The minimum absolute atomic E-state index is 0.0254. The molecule has 0 radical (unpaired) electrons. The summed E-state index contributed by atoms with van der Waals surface area (Å²) in [4.78, 5) is 17.7. The van der Waals surface area contributed by atoms with E-state index in [1.165, 1.54) is 19.1 Å². The van der Waals surface area contributed by atoms with Crippen LogP contribution in [0.15, 0.2) is 23.1 Å². The molecule has 1 atom stereocenters. The second kappa shape index (κ2) is 6.84. The minimum atomic E-state index is -3.31. The molecule has 0 saturated carbocycles. The fourth-order valence-corrected chi connectivity index (χ4v) is 4.45. The standard InChI is InChI=1S/C18H26N2O3S/c1-3-14-7-8-16(24(2,22)23)12-17(14)18(21)20-11-10-19-9-5-4-6-15(19)13-20/h7-8,12,15H,3-6,9-11,13H2,1-2H3. The van der Waals surface area contributed by atoms with Crippen LogP contribution in [0.5, 0.6) is 0 Å². The van der Waals surface area contributed by atoms with Crippen molar-refractivity contribution in [3.05, 3.63) is 29.3 Å². The molecule has 24 heavy (non-hydrogen) atoms. The van der Waals surface area contributed by atoms with Gasteiger partial charge in [0, 0.05) is 37.5 Å². The first-order valence-corrected chi connectivity index (χ1v) is 10.7. The summed E-state index contributed by atoms with van der Waals surface area (Å²) in [7, 11) is -3.31. The quantitative estimate of drug-likeness (QED) is 0.836. The van der Waals surface area contributed by atoms with E-state index in [-0.39, 0.29) is 10.8 Å². The van der Waals surface area contributed by atoms with Crippen molar-refractivity contribution < 1.29 is 13.2 Å². The molecular weight excluding hydrogens is 324 g/mol. The Morgan fingerprint density at radius 2 is 2.00 bits per heavy atom. The van der Waals surface area contributed by atoms with E-state index in [9.17, 15) is 13.2 Å². The maximum Gasteiger partial charge on any atom is 0.254 e. The van der Waals surface area contributed by atoms with Crippen LogP contribution in [0.3, 0.4) is 0 Å². The number of piperidine rings is 1. The molecule has 2 heterocycles. The van der Waals surface area contributed by atoms with Gasteiger partial charge in [-0.25, -0.2) is 8.42 Å². The molecule has 0 aromatic heterocycles. The van der Waals surface area contributed by atoms with E-state index in [4.69, 9.17) is 0 Å². The molecule has 1 unspecified atom stereocenters. The Morgan fingerprint density at radius 1 is 1.21 bits per heavy atom. The van der Waals surface area contributed by atoms with Gasteiger partial charge in [0.1, 0.15) is 0 Å². The summed E-state index contributed by atoms with van der Waals surface area (Å²) < 4.78 is 23.7.